The standard InChI is InChI=1S/C19H24N4O10S/c1-5-32-18(27)11-6-9(2)7-12(8-11)33-16-15(23(28)29)14(13(10(3)24)17(25)26)21-19(22(16)20)34(4,30)31/h6-8,10,13,19,24H,5,20H2,1-4H3,(H,25,26). The van der Waals surface area contributed by atoms with Crippen molar-refractivity contribution in [1.82, 2.24) is 5.01 Å². The number of rotatable bonds is 9. The van der Waals surface area contributed by atoms with Gasteiger partial charge in [0.2, 0.25) is 5.50 Å². The smallest absolute Gasteiger partial charge is 0.352 e. The zero-order valence-electron chi connectivity index (χ0n) is 18.7. The number of carbonyl (C=O) groups excluding carboxylic acids is 1. The molecule has 1 aliphatic heterocycles. The average Bonchev–Trinajstić information content (AvgIpc) is 2.68. The van der Waals surface area contributed by atoms with E-state index in [2.05, 4.69) is 4.99 Å². The van der Waals surface area contributed by atoms with Gasteiger partial charge >= 0.3 is 17.6 Å². The number of carboxylic acid groups (broad SMARTS) is 1. The van der Waals surface area contributed by atoms with E-state index in [1.54, 1.807) is 13.8 Å². The van der Waals surface area contributed by atoms with Gasteiger partial charge in [-0.3, -0.25) is 14.9 Å². The molecule has 1 aromatic rings. The van der Waals surface area contributed by atoms with Gasteiger partial charge < -0.3 is 19.7 Å². The van der Waals surface area contributed by atoms with E-state index >= 15 is 0 Å². The van der Waals surface area contributed by atoms with Crippen LogP contribution in [-0.2, 0) is 19.4 Å². The number of aliphatic carboxylic acids is 1. The molecule has 0 radical (unpaired) electrons. The lowest BCUT2D eigenvalue weighted by atomic mass is 9.95. The molecule has 186 valence electrons. The van der Waals surface area contributed by atoms with Crippen LogP contribution in [0.4, 0.5) is 0 Å². The molecule has 1 heterocycles. The van der Waals surface area contributed by atoms with E-state index in [0.717, 1.165) is 13.2 Å². The second-order valence-corrected chi connectivity index (χ2v) is 9.48. The summed E-state index contributed by atoms with van der Waals surface area (Å²) in [5, 5.41) is 31.8. The normalized spacial score (nSPS) is 18.1. The fourth-order valence-electron chi connectivity index (χ4n) is 3.18. The highest BCUT2D eigenvalue weighted by molar-refractivity contribution is 7.91. The lowest BCUT2D eigenvalue weighted by molar-refractivity contribution is -0.420. The number of aliphatic imine (C=N–C) groups is 1. The van der Waals surface area contributed by atoms with Crippen LogP contribution in [0.15, 0.2) is 34.8 Å². The third-order valence-electron chi connectivity index (χ3n) is 4.55. The molecular formula is C19H24N4O10S. The number of aliphatic hydroxyl groups excluding tert-OH is 1. The molecule has 3 atom stereocenters. The number of nitro groups is 1. The van der Waals surface area contributed by atoms with Crippen molar-refractivity contribution in [2.75, 3.05) is 12.9 Å². The lowest BCUT2D eigenvalue weighted by Crippen LogP contribution is -2.52. The van der Waals surface area contributed by atoms with E-state index in [4.69, 9.17) is 15.3 Å². The van der Waals surface area contributed by atoms with Gasteiger partial charge in [0.05, 0.1) is 23.2 Å². The van der Waals surface area contributed by atoms with E-state index in [-0.39, 0.29) is 17.9 Å². The van der Waals surface area contributed by atoms with Gasteiger partial charge in [0.1, 0.15) is 17.4 Å². The Balaban J connectivity index is 2.77. The Morgan fingerprint density at radius 1 is 1.35 bits per heavy atom. The number of allylic oxidation sites excluding steroid dienone is 1. The van der Waals surface area contributed by atoms with Crippen molar-refractivity contribution < 1.29 is 42.6 Å². The van der Waals surface area contributed by atoms with E-state index in [9.17, 15) is 38.3 Å². The molecule has 0 fully saturated rings. The van der Waals surface area contributed by atoms with Gasteiger partial charge in [0.15, 0.2) is 9.84 Å². The van der Waals surface area contributed by atoms with Gasteiger partial charge in [-0.05, 0) is 44.5 Å². The van der Waals surface area contributed by atoms with Crippen LogP contribution in [0.1, 0.15) is 29.8 Å². The summed E-state index contributed by atoms with van der Waals surface area (Å²) in [4.78, 5) is 38.5. The topological polar surface area (TPSA) is 212 Å². The highest BCUT2D eigenvalue weighted by atomic mass is 32.2. The predicted molar refractivity (Wildman–Crippen MR) is 117 cm³/mol. The third-order valence-corrected chi connectivity index (χ3v) is 5.65. The monoisotopic (exact) mass is 500 g/mol. The number of aryl methyl sites for hydroxylation is 1. The summed E-state index contributed by atoms with van der Waals surface area (Å²) in [7, 11) is -4.18. The zero-order valence-corrected chi connectivity index (χ0v) is 19.5. The van der Waals surface area contributed by atoms with E-state index in [1.807, 2.05) is 0 Å². The van der Waals surface area contributed by atoms with Crippen LogP contribution in [0.25, 0.3) is 0 Å². The molecule has 0 aliphatic carbocycles. The maximum absolute atomic E-state index is 12.3. The largest absolute Gasteiger partial charge is 0.481 e. The number of ether oxygens (including phenoxy) is 2. The summed E-state index contributed by atoms with van der Waals surface area (Å²) in [6.07, 6.45) is -0.955. The van der Waals surface area contributed by atoms with Gasteiger partial charge in [-0.1, -0.05) is 0 Å². The molecule has 15 heteroatoms. The van der Waals surface area contributed by atoms with Gasteiger partial charge in [-0.25, -0.2) is 29.1 Å². The van der Waals surface area contributed by atoms with Crippen LogP contribution in [0, 0.1) is 23.0 Å². The molecule has 0 amide bonds. The van der Waals surface area contributed by atoms with Crippen LogP contribution in [0.5, 0.6) is 5.75 Å². The number of carboxylic acids is 1. The van der Waals surface area contributed by atoms with Gasteiger partial charge in [-0.2, -0.15) is 0 Å². The second-order valence-electron chi connectivity index (χ2n) is 7.40. The lowest BCUT2D eigenvalue weighted by Gasteiger charge is -2.31. The fraction of sp³-hybridized carbons (Fsp3) is 0.421. The summed E-state index contributed by atoms with van der Waals surface area (Å²) in [6.45, 7) is 4.33. The maximum Gasteiger partial charge on any atom is 0.352 e. The van der Waals surface area contributed by atoms with E-state index < -0.39 is 61.5 Å². The SMILES string of the molecule is CCOC(=O)c1cc(C)cc(OC2=C([N+](=O)[O-])C(C(C(=O)O)C(C)O)=NC(S(C)(=O)=O)N2N)c1. The summed E-state index contributed by atoms with van der Waals surface area (Å²) in [5.41, 5.74) is -3.37. The van der Waals surface area contributed by atoms with Crippen molar-refractivity contribution >= 4 is 27.5 Å². The number of nitrogens with two attached hydrogens (primary N) is 1. The zero-order chi connectivity index (χ0) is 26.0. The molecular weight excluding hydrogens is 476 g/mol. The quantitative estimate of drug-likeness (QED) is 0.177. The van der Waals surface area contributed by atoms with Crippen LogP contribution < -0.4 is 10.6 Å². The number of esters is 1. The van der Waals surface area contributed by atoms with E-state index in [0.29, 0.717) is 10.6 Å². The number of carbonyl (C=O) groups is 2. The van der Waals surface area contributed by atoms with Crippen molar-refractivity contribution in [3.8, 4) is 5.75 Å². The Hall–Kier alpha value is -3.56. The van der Waals surface area contributed by atoms with Crippen molar-refractivity contribution in [3.05, 3.63) is 51.0 Å². The number of hydrogen-bond donors (Lipinski definition) is 3. The van der Waals surface area contributed by atoms with E-state index in [1.165, 1.54) is 18.2 Å². The molecule has 34 heavy (non-hydrogen) atoms. The minimum atomic E-state index is -4.18. The van der Waals surface area contributed by atoms with Crippen molar-refractivity contribution in [2.45, 2.75) is 32.4 Å². The Bertz CT molecular complexity index is 1180. The molecule has 0 bridgehead atoms. The number of nitrogens with zero attached hydrogens (tertiary/aromatic N) is 3. The fourth-order valence-corrected chi connectivity index (χ4v) is 3.99. The summed E-state index contributed by atoms with van der Waals surface area (Å²) in [5.74, 6) is 0.483. The van der Waals surface area contributed by atoms with Crippen molar-refractivity contribution in [3.63, 3.8) is 0 Å². The molecule has 3 unspecified atom stereocenters. The van der Waals surface area contributed by atoms with Gasteiger partial charge in [-0.15, -0.1) is 0 Å². The number of benzene rings is 1. The number of sulfone groups is 1. The van der Waals surface area contributed by atoms with Crippen molar-refractivity contribution in [2.24, 2.45) is 16.8 Å². The van der Waals surface area contributed by atoms with Gasteiger partial charge in [0.25, 0.3) is 5.88 Å². The van der Waals surface area contributed by atoms with Crippen LogP contribution in [0.3, 0.4) is 0 Å². The first-order valence-electron chi connectivity index (χ1n) is 9.76. The van der Waals surface area contributed by atoms with Gasteiger partial charge in [0, 0.05) is 6.26 Å². The minimum absolute atomic E-state index is 0.0421. The Labute approximate surface area is 194 Å². The Morgan fingerprint density at radius 2 is 1.97 bits per heavy atom. The summed E-state index contributed by atoms with van der Waals surface area (Å²) < 4.78 is 35.1. The Kier molecular flexibility index (Phi) is 7.97. The number of hydrogen-bond acceptors (Lipinski definition) is 12. The first-order chi connectivity index (χ1) is 15.7. The Morgan fingerprint density at radius 3 is 2.44 bits per heavy atom. The van der Waals surface area contributed by atoms with Crippen LogP contribution in [-0.4, -0.2) is 70.7 Å². The molecule has 2 rings (SSSR count). The predicted octanol–water partition coefficient (Wildman–Crippen LogP) is 0.0364. The third kappa shape index (κ3) is 5.67. The summed E-state index contributed by atoms with van der Waals surface area (Å²) >= 11 is 0. The van der Waals surface area contributed by atoms with Crippen molar-refractivity contribution in [1.29, 1.82) is 0 Å². The molecule has 0 saturated heterocycles. The average molecular weight is 500 g/mol. The first kappa shape index (κ1) is 26.7. The minimum Gasteiger partial charge on any atom is -0.481 e. The molecule has 14 nitrogen and oxygen atoms in total. The molecule has 0 saturated carbocycles. The molecule has 1 aliphatic rings. The van der Waals surface area contributed by atoms with Crippen LogP contribution in [0.2, 0.25) is 0 Å². The molecule has 4 N–H and O–H groups in total. The maximum atomic E-state index is 12.3. The highest BCUT2D eigenvalue weighted by Crippen LogP contribution is 2.30. The molecule has 0 aromatic heterocycles. The summed E-state index contributed by atoms with van der Waals surface area (Å²) in [6, 6.07) is 4.04. The van der Waals surface area contributed by atoms with Crippen LogP contribution >= 0.6 is 0 Å². The first-order valence-corrected chi connectivity index (χ1v) is 11.7. The highest BCUT2D eigenvalue weighted by Gasteiger charge is 2.47. The molecule has 0 spiro atoms. The molecule has 1 aromatic carbocycles. The second kappa shape index (κ2) is 10.1. The number of aliphatic hydroxyl groups is 1. The number of hydrazine groups is 1.